The predicted octanol–water partition coefficient (Wildman–Crippen LogP) is 4.05. The fourth-order valence-corrected chi connectivity index (χ4v) is 4.46. The first-order valence-electron chi connectivity index (χ1n) is 10.5. The van der Waals surface area contributed by atoms with E-state index < -0.39 is 10.0 Å². The van der Waals surface area contributed by atoms with E-state index in [9.17, 15) is 13.2 Å². The van der Waals surface area contributed by atoms with Crippen molar-refractivity contribution in [1.29, 1.82) is 0 Å². The SMILES string of the molecule is CC[C@H](C)NS(=O)(=O)c1ccc(OCC(=O)NC(c2ccccc2)c2ccccc2)cc1. The van der Waals surface area contributed by atoms with Crippen LogP contribution in [0.3, 0.4) is 0 Å². The van der Waals surface area contributed by atoms with Crippen molar-refractivity contribution in [2.45, 2.75) is 37.2 Å². The Balaban J connectivity index is 1.63. The average Bonchev–Trinajstić information content (AvgIpc) is 2.82. The van der Waals surface area contributed by atoms with Crippen LogP contribution >= 0.6 is 0 Å². The lowest BCUT2D eigenvalue weighted by molar-refractivity contribution is -0.123. The second-order valence-corrected chi connectivity index (χ2v) is 9.23. The topological polar surface area (TPSA) is 84.5 Å². The van der Waals surface area contributed by atoms with Crippen molar-refractivity contribution >= 4 is 15.9 Å². The summed E-state index contributed by atoms with van der Waals surface area (Å²) in [5, 5.41) is 3.01. The molecule has 1 amide bonds. The molecule has 3 aromatic carbocycles. The Hall–Kier alpha value is -3.16. The van der Waals surface area contributed by atoms with Gasteiger partial charge in [0.15, 0.2) is 6.61 Å². The molecule has 0 unspecified atom stereocenters. The number of hydrogen-bond acceptors (Lipinski definition) is 4. The third kappa shape index (κ3) is 6.42. The summed E-state index contributed by atoms with van der Waals surface area (Å²) < 4.78 is 32.9. The van der Waals surface area contributed by atoms with E-state index in [2.05, 4.69) is 10.0 Å². The summed E-state index contributed by atoms with van der Waals surface area (Å²) in [5.41, 5.74) is 1.94. The molecule has 0 heterocycles. The van der Waals surface area contributed by atoms with Crippen molar-refractivity contribution in [3.8, 4) is 5.75 Å². The van der Waals surface area contributed by atoms with Crippen LogP contribution in [0.25, 0.3) is 0 Å². The molecule has 0 aliphatic carbocycles. The molecule has 2 N–H and O–H groups in total. The number of nitrogens with one attached hydrogen (secondary N) is 2. The van der Waals surface area contributed by atoms with Gasteiger partial charge in [-0.25, -0.2) is 13.1 Å². The fourth-order valence-electron chi connectivity index (χ4n) is 3.13. The molecule has 0 fully saturated rings. The average molecular weight is 453 g/mol. The largest absolute Gasteiger partial charge is 0.484 e. The lowest BCUT2D eigenvalue weighted by Gasteiger charge is -2.20. The van der Waals surface area contributed by atoms with E-state index in [0.717, 1.165) is 11.1 Å². The molecule has 0 bridgehead atoms. The Morgan fingerprint density at radius 3 is 1.91 bits per heavy atom. The van der Waals surface area contributed by atoms with E-state index in [1.165, 1.54) is 12.1 Å². The molecule has 32 heavy (non-hydrogen) atoms. The lowest BCUT2D eigenvalue weighted by Crippen LogP contribution is -2.33. The Bertz CT molecular complexity index is 1060. The number of hydrogen-bond donors (Lipinski definition) is 2. The van der Waals surface area contributed by atoms with Crippen molar-refractivity contribution < 1.29 is 17.9 Å². The highest BCUT2D eigenvalue weighted by Gasteiger charge is 2.18. The first kappa shape index (κ1) is 23.5. The quantitative estimate of drug-likeness (QED) is 0.486. The molecule has 168 valence electrons. The zero-order chi connectivity index (χ0) is 23.0. The number of amides is 1. The van der Waals surface area contributed by atoms with Crippen molar-refractivity contribution in [3.63, 3.8) is 0 Å². The van der Waals surface area contributed by atoms with Gasteiger partial charge in [-0.15, -0.1) is 0 Å². The number of benzene rings is 3. The van der Waals surface area contributed by atoms with Gasteiger partial charge < -0.3 is 10.1 Å². The van der Waals surface area contributed by atoms with E-state index in [1.54, 1.807) is 12.1 Å². The Kier molecular flexibility index (Phi) is 8.03. The zero-order valence-corrected chi connectivity index (χ0v) is 19.0. The molecule has 0 aliphatic rings. The first-order chi connectivity index (χ1) is 15.4. The van der Waals surface area contributed by atoms with Crippen LogP contribution in [0, 0.1) is 0 Å². The normalized spacial score (nSPS) is 12.3. The van der Waals surface area contributed by atoms with Crippen molar-refractivity contribution in [2.24, 2.45) is 0 Å². The van der Waals surface area contributed by atoms with E-state index in [4.69, 9.17) is 4.74 Å². The molecule has 6 nitrogen and oxygen atoms in total. The zero-order valence-electron chi connectivity index (χ0n) is 18.2. The van der Waals surface area contributed by atoms with Crippen molar-refractivity contribution in [2.75, 3.05) is 6.61 Å². The van der Waals surface area contributed by atoms with Crippen molar-refractivity contribution in [1.82, 2.24) is 10.0 Å². The van der Waals surface area contributed by atoms with Crippen LogP contribution in [0.15, 0.2) is 89.8 Å². The van der Waals surface area contributed by atoms with E-state index >= 15 is 0 Å². The van der Waals surface area contributed by atoms with Gasteiger partial charge in [-0.1, -0.05) is 67.6 Å². The van der Waals surface area contributed by atoms with Gasteiger partial charge in [-0.3, -0.25) is 4.79 Å². The molecule has 7 heteroatoms. The summed E-state index contributed by atoms with van der Waals surface area (Å²) in [6, 6.07) is 25.0. The predicted molar refractivity (Wildman–Crippen MR) is 125 cm³/mol. The minimum atomic E-state index is -3.58. The molecule has 1 atom stereocenters. The molecule has 0 aromatic heterocycles. The van der Waals surface area contributed by atoms with Gasteiger partial charge in [0.25, 0.3) is 5.91 Å². The van der Waals surface area contributed by atoms with Gasteiger partial charge in [0.2, 0.25) is 10.0 Å². The van der Waals surface area contributed by atoms with Gasteiger partial charge in [0.1, 0.15) is 5.75 Å². The third-order valence-corrected chi connectivity index (χ3v) is 6.65. The maximum Gasteiger partial charge on any atom is 0.258 e. The highest BCUT2D eigenvalue weighted by molar-refractivity contribution is 7.89. The number of rotatable bonds is 10. The number of carbonyl (C=O) groups excluding carboxylic acids is 1. The minimum absolute atomic E-state index is 0.151. The first-order valence-corrected chi connectivity index (χ1v) is 12.0. The van der Waals surface area contributed by atoms with Gasteiger partial charge in [-0.2, -0.15) is 0 Å². The molecule has 0 saturated heterocycles. The van der Waals surface area contributed by atoms with Crippen LogP contribution in [0.2, 0.25) is 0 Å². The van der Waals surface area contributed by atoms with Gasteiger partial charge in [0, 0.05) is 6.04 Å². The third-order valence-electron chi connectivity index (χ3n) is 5.04. The van der Waals surface area contributed by atoms with Crippen LogP contribution in [-0.4, -0.2) is 27.0 Å². The maximum absolute atomic E-state index is 12.6. The maximum atomic E-state index is 12.6. The van der Waals surface area contributed by atoms with Gasteiger partial charge in [0.05, 0.1) is 10.9 Å². The molecule has 0 aliphatic heterocycles. The summed E-state index contributed by atoms with van der Waals surface area (Å²) in [4.78, 5) is 12.8. The summed E-state index contributed by atoms with van der Waals surface area (Å²) in [7, 11) is -3.58. The molecular weight excluding hydrogens is 424 g/mol. The van der Waals surface area contributed by atoms with Crippen LogP contribution < -0.4 is 14.8 Å². The number of sulfonamides is 1. The summed E-state index contributed by atoms with van der Waals surface area (Å²) in [6.45, 7) is 3.54. The molecular formula is C25H28N2O4S. The summed E-state index contributed by atoms with van der Waals surface area (Å²) in [5.74, 6) is 0.136. The molecule has 0 saturated carbocycles. The Morgan fingerprint density at radius 2 is 1.41 bits per heavy atom. The second-order valence-electron chi connectivity index (χ2n) is 7.51. The molecule has 3 rings (SSSR count). The van der Waals surface area contributed by atoms with Gasteiger partial charge in [-0.05, 0) is 48.7 Å². The van der Waals surface area contributed by atoms with E-state index in [0.29, 0.717) is 12.2 Å². The van der Waals surface area contributed by atoms with Gasteiger partial charge >= 0.3 is 0 Å². The van der Waals surface area contributed by atoms with Crippen molar-refractivity contribution in [3.05, 3.63) is 96.1 Å². The van der Waals surface area contributed by atoms with Crippen LogP contribution in [0.4, 0.5) is 0 Å². The number of carbonyl (C=O) groups is 1. The van der Waals surface area contributed by atoms with E-state index in [-0.39, 0.29) is 29.5 Å². The lowest BCUT2D eigenvalue weighted by atomic mass is 9.99. The minimum Gasteiger partial charge on any atom is -0.484 e. The fraction of sp³-hybridized carbons (Fsp3) is 0.240. The standard InChI is InChI=1S/C25H28N2O4S/c1-3-19(2)27-32(29,30)23-16-14-22(15-17-23)31-18-24(28)26-25(20-10-6-4-7-11-20)21-12-8-5-9-13-21/h4-17,19,25,27H,3,18H2,1-2H3,(H,26,28)/t19-/m0/s1. The van der Waals surface area contributed by atoms with Crippen LogP contribution in [0.1, 0.15) is 37.4 Å². The van der Waals surface area contributed by atoms with E-state index in [1.807, 2.05) is 74.5 Å². The Labute approximate surface area is 189 Å². The second kappa shape index (κ2) is 10.9. The molecule has 3 aromatic rings. The molecule has 0 spiro atoms. The Morgan fingerprint density at radius 1 is 0.875 bits per heavy atom. The summed E-state index contributed by atoms with van der Waals surface area (Å²) in [6.07, 6.45) is 0.697. The summed E-state index contributed by atoms with van der Waals surface area (Å²) >= 11 is 0. The highest BCUT2D eigenvalue weighted by atomic mass is 32.2. The molecule has 0 radical (unpaired) electrons. The number of ether oxygens (including phenoxy) is 1. The van der Waals surface area contributed by atoms with Crippen LogP contribution in [-0.2, 0) is 14.8 Å². The monoisotopic (exact) mass is 452 g/mol. The smallest absolute Gasteiger partial charge is 0.258 e. The van der Waals surface area contributed by atoms with Crippen LogP contribution in [0.5, 0.6) is 5.75 Å². The highest BCUT2D eigenvalue weighted by Crippen LogP contribution is 2.22.